The van der Waals surface area contributed by atoms with E-state index in [0.29, 0.717) is 12.1 Å². The normalized spacial score (nSPS) is 14.0. The fraction of sp³-hybridized carbons (Fsp3) is 0.188. The number of aryl methyl sites for hydroxylation is 1. The van der Waals surface area contributed by atoms with Crippen LogP contribution in [0, 0.1) is 0 Å². The van der Waals surface area contributed by atoms with E-state index in [1.807, 2.05) is 18.2 Å². The Hall–Kier alpha value is -2.29. The molecule has 2 aromatic carbocycles. The van der Waals surface area contributed by atoms with Gasteiger partial charge in [-0.15, -0.1) is 0 Å². The summed E-state index contributed by atoms with van der Waals surface area (Å²) in [5, 5.41) is 9.81. The van der Waals surface area contributed by atoms with Crippen LogP contribution in [0.25, 0.3) is 0 Å². The van der Waals surface area contributed by atoms with Gasteiger partial charge in [-0.25, -0.2) is 0 Å². The number of carbonyl (C=O) groups excluding carboxylic acids is 1. The number of phenols is 1. The van der Waals surface area contributed by atoms with Gasteiger partial charge in [0.25, 0.3) is 5.91 Å². The zero-order valence-electron chi connectivity index (χ0n) is 10.5. The molecule has 3 nitrogen and oxygen atoms in total. The van der Waals surface area contributed by atoms with Crippen LogP contribution >= 0.6 is 0 Å². The summed E-state index contributed by atoms with van der Waals surface area (Å²) in [5.74, 6) is -0.0965. The zero-order chi connectivity index (χ0) is 13.2. The Morgan fingerprint density at radius 1 is 1.05 bits per heavy atom. The lowest BCUT2D eigenvalue weighted by atomic mass is 10.0. The topological polar surface area (TPSA) is 40.5 Å². The van der Waals surface area contributed by atoms with E-state index in [2.05, 4.69) is 6.07 Å². The largest absolute Gasteiger partial charge is 0.507 e. The molecule has 0 atom stereocenters. The maximum absolute atomic E-state index is 12.5. The molecule has 96 valence electrons. The average Bonchev–Trinajstić information content (AvgIpc) is 2.46. The molecule has 19 heavy (non-hydrogen) atoms. The van der Waals surface area contributed by atoms with E-state index < -0.39 is 0 Å². The van der Waals surface area contributed by atoms with Crippen LogP contribution in [0.1, 0.15) is 22.3 Å². The molecular weight excluding hydrogens is 238 g/mol. The van der Waals surface area contributed by atoms with Gasteiger partial charge in [-0.1, -0.05) is 30.3 Å². The molecule has 1 heterocycles. The second kappa shape index (κ2) is 4.76. The lowest BCUT2D eigenvalue weighted by Gasteiger charge is -2.29. The molecule has 0 fully saturated rings. The number of para-hydroxylation sites is 2. The summed E-state index contributed by atoms with van der Waals surface area (Å²) >= 11 is 0. The molecule has 0 bridgehead atoms. The number of nitrogens with zero attached hydrogens (tertiary/aromatic N) is 1. The maximum Gasteiger partial charge on any atom is 0.262 e. The zero-order valence-corrected chi connectivity index (χ0v) is 10.5. The van der Waals surface area contributed by atoms with Gasteiger partial charge in [-0.3, -0.25) is 4.79 Å². The molecule has 1 aliphatic rings. The van der Waals surface area contributed by atoms with E-state index in [-0.39, 0.29) is 11.7 Å². The van der Waals surface area contributed by atoms with Crippen molar-refractivity contribution >= 4 is 11.6 Å². The molecule has 1 aliphatic heterocycles. The van der Waals surface area contributed by atoms with Gasteiger partial charge in [0.1, 0.15) is 5.75 Å². The van der Waals surface area contributed by atoms with Gasteiger partial charge in [0, 0.05) is 12.2 Å². The molecular formula is C16H15NO2. The van der Waals surface area contributed by atoms with Crippen LogP contribution in [0.3, 0.4) is 0 Å². The third kappa shape index (κ3) is 2.08. The van der Waals surface area contributed by atoms with Gasteiger partial charge in [0.15, 0.2) is 0 Å². The van der Waals surface area contributed by atoms with Gasteiger partial charge in [0.05, 0.1) is 5.56 Å². The number of rotatable bonds is 1. The van der Waals surface area contributed by atoms with Crippen LogP contribution in [0.15, 0.2) is 48.5 Å². The van der Waals surface area contributed by atoms with Crippen molar-refractivity contribution in [1.82, 2.24) is 0 Å². The van der Waals surface area contributed by atoms with Crippen LogP contribution in [0.5, 0.6) is 5.75 Å². The highest BCUT2D eigenvalue weighted by Gasteiger charge is 2.24. The number of aromatic hydroxyl groups is 1. The highest BCUT2D eigenvalue weighted by Crippen LogP contribution is 2.29. The number of amides is 1. The number of anilines is 1. The first-order chi connectivity index (χ1) is 9.27. The van der Waals surface area contributed by atoms with Crippen LogP contribution in [0.2, 0.25) is 0 Å². The summed E-state index contributed by atoms with van der Waals surface area (Å²) in [7, 11) is 0. The van der Waals surface area contributed by atoms with Crippen LogP contribution < -0.4 is 4.90 Å². The molecule has 0 unspecified atom stereocenters. The molecule has 0 saturated heterocycles. The number of fused-ring (bicyclic) bond motifs is 1. The second-order valence-electron chi connectivity index (χ2n) is 4.71. The Bertz CT molecular complexity index is 622. The minimum Gasteiger partial charge on any atom is -0.507 e. The van der Waals surface area contributed by atoms with Crippen molar-refractivity contribution < 1.29 is 9.90 Å². The molecule has 1 amide bonds. The Morgan fingerprint density at radius 3 is 2.63 bits per heavy atom. The molecule has 3 rings (SSSR count). The van der Waals surface area contributed by atoms with Crippen molar-refractivity contribution in [3.8, 4) is 5.75 Å². The van der Waals surface area contributed by atoms with Crippen molar-refractivity contribution in [3.63, 3.8) is 0 Å². The third-order valence-electron chi connectivity index (χ3n) is 3.49. The fourth-order valence-electron chi connectivity index (χ4n) is 2.54. The minimum atomic E-state index is -0.134. The Labute approximate surface area is 112 Å². The maximum atomic E-state index is 12.5. The molecule has 0 saturated carbocycles. The van der Waals surface area contributed by atoms with Crippen molar-refractivity contribution in [2.45, 2.75) is 12.8 Å². The number of phenolic OH excluding ortho intramolecular Hbond substituents is 1. The van der Waals surface area contributed by atoms with Crippen molar-refractivity contribution in [3.05, 3.63) is 59.7 Å². The van der Waals surface area contributed by atoms with Crippen molar-refractivity contribution in [2.75, 3.05) is 11.4 Å². The van der Waals surface area contributed by atoms with Gasteiger partial charge >= 0.3 is 0 Å². The van der Waals surface area contributed by atoms with Gasteiger partial charge in [0.2, 0.25) is 0 Å². The summed E-state index contributed by atoms with van der Waals surface area (Å²) in [6.07, 6.45) is 1.96. The number of hydrogen-bond acceptors (Lipinski definition) is 2. The molecule has 3 heteroatoms. The van der Waals surface area contributed by atoms with E-state index in [1.54, 1.807) is 29.2 Å². The standard InChI is InChI=1S/C16H15NO2/c18-15-10-4-2-8-13(15)16(19)17-11-5-7-12-6-1-3-9-14(12)17/h1-4,6,8-10,18H,5,7,11H2. The van der Waals surface area contributed by atoms with Gasteiger partial charge in [-0.05, 0) is 36.6 Å². The summed E-state index contributed by atoms with van der Waals surface area (Å²) < 4.78 is 0. The SMILES string of the molecule is O=C(c1ccccc1O)N1CCCc2ccccc21. The quantitative estimate of drug-likeness (QED) is 0.848. The lowest BCUT2D eigenvalue weighted by Crippen LogP contribution is -2.35. The number of hydrogen-bond donors (Lipinski definition) is 1. The summed E-state index contributed by atoms with van der Waals surface area (Å²) in [4.78, 5) is 14.3. The number of carbonyl (C=O) groups is 1. The van der Waals surface area contributed by atoms with E-state index >= 15 is 0 Å². The van der Waals surface area contributed by atoms with Crippen LogP contribution in [-0.2, 0) is 6.42 Å². The molecule has 0 aliphatic carbocycles. The molecule has 1 N–H and O–H groups in total. The Balaban J connectivity index is 2.00. The Kier molecular flexibility index (Phi) is 2.95. The second-order valence-corrected chi connectivity index (χ2v) is 4.71. The third-order valence-corrected chi connectivity index (χ3v) is 3.49. The lowest BCUT2D eigenvalue weighted by molar-refractivity contribution is 0.0982. The average molecular weight is 253 g/mol. The van der Waals surface area contributed by atoms with Crippen molar-refractivity contribution in [1.29, 1.82) is 0 Å². The Morgan fingerprint density at radius 2 is 1.79 bits per heavy atom. The van der Waals surface area contributed by atoms with E-state index in [9.17, 15) is 9.90 Å². The fourth-order valence-corrected chi connectivity index (χ4v) is 2.54. The smallest absolute Gasteiger partial charge is 0.262 e. The number of benzene rings is 2. The predicted molar refractivity (Wildman–Crippen MR) is 74.5 cm³/mol. The first-order valence-electron chi connectivity index (χ1n) is 6.45. The van der Waals surface area contributed by atoms with Crippen LogP contribution in [0.4, 0.5) is 5.69 Å². The highest BCUT2D eigenvalue weighted by molar-refractivity contribution is 6.08. The monoisotopic (exact) mass is 253 g/mol. The molecule has 2 aromatic rings. The van der Waals surface area contributed by atoms with Gasteiger partial charge < -0.3 is 10.0 Å². The first kappa shape index (κ1) is 11.8. The predicted octanol–water partition coefficient (Wildman–Crippen LogP) is 2.99. The minimum absolute atomic E-state index is 0.0376. The molecule has 0 radical (unpaired) electrons. The van der Waals surface area contributed by atoms with Crippen LogP contribution in [-0.4, -0.2) is 17.6 Å². The summed E-state index contributed by atoms with van der Waals surface area (Å²) in [6.45, 7) is 0.699. The first-order valence-corrected chi connectivity index (χ1v) is 6.45. The van der Waals surface area contributed by atoms with E-state index in [4.69, 9.17) is 0 Å². The van der Waals surface area contributed by atoms with E-state index in [0.717, 1.165) is 18.5 Å². The highest BCUT2D eigenvalue weighted by atomic mass is 16.3. The van der Waals surface area contributed by atoms with E-state index in [1.165, 1.54) is 5.56 Å². The van der Waals surface area contributed by atoms with Crippen molar-refractivity contribution in [2.24, 2.45) is 0 Å². The summed E-state index contributed by atoms with van der Waals surface area (Å²) in [6, 6.07) is 14.6. The summed E-state index contributed by atoms with van der Waals surface area (Å²) in [5.41, 5.74) is 2.51. The molecule has 0 aromatic heterocycles. The van der Waals surface area contributed by atoms with Gasteiger partial charge in [-0.2, -0.15) is 0 Å². The molecule has 0 spiro atoms.